The number of hydrogen-bond acceptors (Lipinski definition) is 5. The van der Waals surface area contributed by atoms with Crippen LogP contribution in [0.3, 0.4) is 0 Å². The number of rotatable bonds is 7. The number of nitrogens with zero attached hydrogens (tertiary/aromatic N) is 3. The molecule has 0 saturated heterocycles. The topological polar surface area (TPSA) is 76.9 Å². The summed E-state index contributed by atoms with van der Waals surface area (Å²) in [7, 11) is 0. The van der Waals surface area contributed by atoms with Gasteiger partial charge in [-0.2, -0.15) is 5.10 Å². The standard InChI is InChI=1S/C23H29BrN4O2/c1-14-18-9-16(23(18,2)3)10-19(14)27-20-12-26-28(22(30)21(20)24)13-17(29)7-6-15-5-4-8-25-11-15/h4-5,8,11-12,14,16,18-19,27H,6-7,9-10,13H2,1-3H3/t14-,16-,18+,19-/m1/s1. The van der Waals surface area contributed by atoms with Crippen molar-refractivity contribution in [3.05, 3.63) is 51.1 Å². The summed E-state index contributed by atoms with van der Waals surface area (Å²) in [6.45, 7) is 7.05. The molecule has 3 aliphatic carbocycles. The average molecular weight is 473 g/mol. The number of Topliss-reactive ketones (excluding diaryl/α,β-unsaturated/α-hetero) is 1. The highest BCUT2D eigenvalue weighted by Crippen LogP contribution is 2.61. The van der Waals surface area contributed by atoms with Gasteiger partial charge in [0, 0.05) is 24.9 Å². The van der Waals surface area contributed by atoms with Crippen molar-refractivity contribution in [1.29, 1.82) is 0 Å². The van der Waals surface area contributed by atoms with E-state index in [1.807, 2.05) is 12.1 Å². The molecule has 1 N–H and O–H groups in total. The van der Waals surface area contributed by atoms with E-state index in [2.05, 4.69) is 52.1 Å². The molecule has 7 heteroatoms. The van der Waals surface area contributed by atoms with Gasteiger partial charge < -0.3 is 5.32 Å². The molecule has 3 aliphatic rings. The van der Waals surface area contributed by atoms with Gasteiger partial charge in [-0.1, -0.05) is 26.8 Å². The van der Waals surface area contributed by atoms with Gasteiger partial charge in [0.05, 0.1) is 11.9 Å². The van der Waals surface area contributed by atoms with Crippen molar-refractivity contribution in [3.63, 3.8) is 0 Å². The summed E-state index contributed by atoms with van der Waals surface area (Å²) < 4.78 is 1.69. The zero-order chi connectivity index (χ0) is 21.5. The lowest BCUT2D eigenvalue weighted by Crippen LogP contribution is -2.58. The van der Waals surface area contributed by atoms with Gasteiger partial charge in [0.15, 0.2) is 5.78 Å². The molecule has 4 atom stereocenters. The maximum absolute atomic E-state index is 12.8. The first-order valence-corrected chi connectivity index (χ1v) is 11.5. The predicted molar refractivity (Wildman–Crippen MR) is 120 cm³/mol. The second-order valence-electron chi connectivity index (χ2n) is 9.44. The van der Waals surface area contributed by atoms with E-state index in [9.17, 15) is 9.59 Å². The van der Waals surface area contributed by atoms with Crippen LogP contribution in [0.25, 0.3) is 0 Å². The van der Waals surface area contributed by atoms with E-state index < -0.39 is 0 Å². The number of hydrogen-bond donors (Lipinski definition) is 1. The Morgan fingerprint density at radius 3 is 2.80 bits per heavy atom. The molecule has 0 spiro atoms. The van der Waals surface area contributed by atoms with Gasteiger partial charge >= 0.3 is 0 Å². The van der Waals surface area contributed by atoms with E-state index in [4.69, 9.17) is 0 Å². The van der Waals surface area contributed by atoms with Crippen molar-refractivity contribution in [2.45, 2.75) is 59.0 Å². The fraction of sp³-hybridized carbons (Fsp3) is 0.565. The Morgan fingerprint density at radius 2 is 2.13 bits per heavy atom. The minimum absolute atomic E-state index is 0.0177. The van der Waals surface area contributed by atoms with E-state index in [0.717, 1.165) is 29.5 Å². The largest absolute Gasteiger partial charge is 0.380 e. The van der Waals surface area contributed by atoms with Crippen molar-refractivity contribution < 1.29 is 4.79 Å². The molecular formula is C23H29BrN4O2. The summed E-state index contributed by atoms with van der Waals surface area (Å²) in [5.74, 6) is 1.98. The Bertz CT molecular complexity index is 988. The molecule has 6 nitrogen and oxygen atoms in total. The first kappa shape index (κ1) is 21.2. The monoisotopic (exact) mass is 472 g/mol. The van der Waals surface area contributed by atoms with E-state index in [1.165, 1.54) is 11.1 Å². The molecule has 2 aromatic rings. The summed E-state index contributed by atoms with van der Waals surface area (Å²) in [6, 6.07) is 4.14. The fourth-order valence-corrected chi connectivity index (χ4v) is 5.72. The number of fused-ring (bicyclic) bond motifs is 2. The Hall–Kier alpha value is -2.02. The normalized spacial score (nSPS) is 26.7. The third kappa shape index (κ3) is 3.96. The number of carbonyl (C=O) groups excluding carboxylic acids is 1. The second kappa shape index (κ2) is 8.25. The summed E-state index contributed by atoms with van der Waals surface area (Å²) in [4.78, 5) is 29.2. The minimum atomic E-state index is -0.274. The van der Waals surface area contributed by atoms with Crippen molar-refractivity contribution in [3.8, 4) is 0 Å². The van der Waals surface area contributed by atoms with Crippen molar-refractivity contribution in [2.24, 2.45) is 23.2 Å². The van der Waals surface area contributed by atoms with Crippen LogP contribution in [-0.2, 0) is 17.8 Å². The van der Waals surface area contributed by atoms with E-state index >= 15 is 0 Å². The molecule has 0 amide bonds. The first-order valence-electron chi connectivity index (χ1n) is 10.7. The molecule has 2 aromatic heterocycles. The second-order valence-corrected chi connectivity index (χ2v) is 10.2. The van der Waals surface area contributed by atoms with Crippen LogP contribution in [0.2, 0.25) is 0 Å². The number of anilines is 1. The van der Waals surface area contributed by atoms with E-state index in [-0.39, 0.29) is 17.9 Å². The molecule has 3 fully saturated rings. The lowest BCUT2D eigenvalue weighted by atomic mass is 9.45. The van der Waals surface area contributed by atoms with Crippen LogP contribution in [0.1, 0.15) is 45.6 Å². The maximum atomic E-state index is 12.8. The molecule has 0 radical (unpaired) electrons. The van der Waals surface area contributed by atoms with Crippen LogP contribution in [0.4, 0.5) is 5.69 Å². The molecular weight excluding hydrogens is 444 g/mol. The van der Waals surface area contributed by atoms with Gasteiger partial charge in [-0.25, -0.2) is 4.68 Å². The van der Waals surface area contributed by atoms with Crippen LogP contribution in [0.5, 0.6) is 0 Å². The van der Waals surface area contributed by atoms with Gasteiger partial charge in [0.1, 0.15) is 11.0 Å². The number of ketones is 1. The minimum Gasteiger partial charge on any atom is -0.380 e. The molecule has 30 heavy (non-hydrogen) atoms. The molecule has 5 rings (SSSR count). The number of nitrogens with one attached hydrogen (secondary N) is 1. The first-order chi connectivity index (χ1) is 14.3. The highest BCUT2D eigenvalue weighted by molar-refractivity contribution is 9.10. The fourth-order valence-electron chi connectivity index (χ4n) is 5.29. The molecule has 2 bridgehead atoms. The van der Waals surface area contributed by atoms with Crippen LogP contribution in [0, 0.1) is 23.2 Å². The van der Waals surface area contributed by atoms with Crippen molar-refractivity contribution in [2.75, 3.05) is 5.32 Å². The van der Waals surface area contributed by atoms with Gasteiger partial charge in [0.2, 0.25) is 0 Å². The smallest absolute Gasteiger partial charge is 0.283 e. The maximum Gasteiger partial charge on any atom is 0.283 e. The van der Waals surface area contributed by atoms with Crippen molar-refractivity contribution >= 4 is 27.4 Å². The predicted octanol–water partition coefficient (Wildman–Crippen LogP) is 4.09. The Morgan fingerprint density at radius 1 is 1.33 bits per heavy atom. The van der Waals surface area contributed by atoms with Crippen LogP contribution < -0.4 is 10.9 Å². The number of pyridine rings is 1. The summed E-state index contributed by atoms with van der Waals surface area (Å²) in [5, 5.41) is 7.81. The Kier molecular flexibility index (Phi) is 5.84. The van der Waals surface area contributed by atoms with Crippen LogP contribution >= 0.6 is 15.9 Å². The van der Waals surface area contributed by atoms with E-state index in [1.54, 1.807) is 18.6 Å². The molecule has 0 unspecified atom stereocenters. The molecule has 2 heterocycles. The summed E-state index contributed by atoms with van der Waals surface area (Å²) in [5.41, 5.74) is 1.88. The average Bonchev–Trinajstić information content (AvgIpc) is 2.73. The summed E-state index contributed by atoms with van der Waals surface area (Å²) in [6.07, 6.45) is 8.53. The molecule has 3 saturated carbocycles. The number of halogens is 1. The SMILES string of the molecule is C[C@H]1[C@H](Nc2cnn(CC(=O)CCc3cccnc3)c(=O)c2Br)C[C@H]2C[C@@H]1C2(C)C. The van der Waals surface area contributed by atoms with Crippen LogP contribution in [-0.4, -0.2) is 26.6 Å². The van der Waals surface area contributed by atoms with Gasteiger partial charge in [-0.05, 0) is 70.0 Å². The van der Waals surface area contributed by atoms with E-state index in [0.29, 0.717) is 34.7 Å². The number of carbonyl (C=O) groups is 1. The number of aromatic nitrogens is 3. The van der Waals surface area contributed by atoms with Crippen LogP contribution in [0.15, 0.2) is 40.0 Å². The van der Waals surface area contributed by atoms with Gasteiger partial charge in [0.25, 0.3) is 5.56 Å². The van der Waals surface area contributed by atoms with Gasteiger partial charge in [-0.3, -0.25) is 14.6 Å². The zero-order valence-corrected chi connectivity index (χ0v) is 19.4. The lowest BCUT2D eigenvalue weighted by Gasteiger charge is -2.62. The highest BCUT2D eigenvalue weighted by atomic mass is 79.9. The molecule has 160 valence electrons. The third-order valence-electron chi connectivity index (χ3n) is 7.42. The molecule has 0 aliphatic heterocycles. The molecule has 0 aromatic carbocycles. The number of aryl methyl sites for hydroxylation is 1. The van der Waals surface area contributed by atoms with Crippen molar-refractivity contribution in [1.82, 2.24) is 14.8 Å². The zero-order valence-electron chi connectivity index (χ0n) is 17.8. The van der Waals surface area contributed by atoms with Gasteiger partial charge in [-0.15, -0.1) is 0 Å². The summed E-state index contributed by atoms with van der Waals surface area (Å²) >= 11 is 3.44. The quantitative estimate of drug-likeness (QED) is 0.656. The Labute approximate surface area is 185 Å². The lowest BCUT2D eigenvalue weighted by molar-refractivity contribution is -0.119. The highest BCUT2D eigenvalue weighted by Gasteiger charge is 2.56. The Balaban J connectivity index is 1.39. The third-order valence-corrected chi connectivity index (χ3v) is 8.19.